The smallest absolute Gasteiger partial charge is 0.379 e. The molecular weight excluding hydrogens is 330 g/mol. The standard InChI is InChI=1S/C15H22F2O5S/c1-10(2)12(18)22-14(3,20-9-15(16,17)23)13(19)21-11-7-5-4-6-8-11/h11,23H,1,4-9H2,2-3H3. The predicted molar refractivity (Wildman–Crippen MR) is 82.2 cm³/mol. The van der Waals surface area contributed by atoms with Crippen LogP contribution < -0.4 is 0 Å². The van der Waals surface area contributed by atoms with Gasteiger partial charge in [0.15, 0.2) is 0 Å². The van der Waals surface area contributed by atoms with Crippen LogP contribution in [0, 0.1) is 0 Å². The predicted octanol–water partition coefficient (Wildman–Crippen LogP) is 3.24. The number of ether oxygens (including phenoxy) is 3. The second kappa shape index (κ2) is 8.10. The molecule has 1 unspecified atom stereocenters. The van der Waals surface area contributed by atoms with Gasteiger partial charge in [-0.15, -0.1) is 12.6 Å². The molecule has 0 aromatic heterocycles. The average molecular weight is 352 g/mol. The van der Waals surface area contributed by atoms with Crippen molar-refractivity contribution in [2.75, 3.05) is 6.61 Å². The first kappa shape index (κ1) is 19.9. The Hall–Kier alpha value is -1.15. The number of carbonyl (C=O) groups excluding carboxylic acids is 2. The molecule has 0 aliphatic heterocycles. The summed E-state index contributed by atoms with van der Waals surface area (Å²) in [6, 6.07) is 0. The van der Waals surface area contributed by atoms with E-state index in [9.17, 15) is 18.4 Å². The van der Waals surface area contributed by atoms with Gasteiger partial charge in [0.05, 0.1) is 0 Å². The minimum absolute atomic E-state index is 0.00271. The van der Waals surface area contributed by atoms with E-state index in [2.05, 4.69) is 19.2 Å². The highest BCUT2D eigenvalue weighted by atomic mass is 32.1. The molecular formula is C15H22F2O5S. The Morgan fingerprint density at radius 1 is 1.26 bits per heavy atom. The summed E-state index contributed by atoms with van der Waals surface area (Å²) in [5.41, 5.74) is 0.00271. The van der Waals surface area contributed by atoms with Crippen LogP contribution in [0.2, 0.25) is 0 Å². The maximum absolute atomic E-state index is 12.9. The summed E-state index contributed by atoms with van der Waals surface area (Å²) in [6.45, 7) is 4.60. The van der Waals surface area contributed by atoms with Gasteiger partial charge in [0, 0.05) is 12.5 Å². The third kappa shape index (κ3) is 6.87. The number of hydrogen-bond acceptors (Lipinski definition) is 6. The molecule has 1 saturated carbocycles. The van der Waals surface area contributed by atoms with E-state index in [0.29, 0.717) is 12.8 Å². The zero-order valence-corrected chi connectivity index (χ0v) is 14.2. The van der Waals surface area contributed by atoms with Crippen LogP contribution in [0.3, 0.4) is 0 Å². The first-order valence-corrected chi connectivity index (χ1v) is 7.82. The average Bonchev–Trinajstić information content (AvgIpc) is 2.45. The molecule has 23 heavy (non-hydrogen) atoms. The molecule has 0 radical (unpaired) electrons. The van der Waals surface area contributed by atoms with Gasteiger partial charge in [0.1, 0.15) is 12.7 Å². The molecule has 132 valence electrons. The molecule has 8 heteroatoms. The largest absolute Gasteiger partial charge is 0.458 e. The van der Waals surface area contributed by atoms with Gasteiger partial charge < -0.3 is 14.2 Å². The Labute approximate surface area is 139 Å². The third-order valence-electron chi connectivity index (χ3n) is 3.35. The van der Waals surface area contributed by atoms with Crippen molar-refractivity contribution in [3.05, 3.63) is 12.2 Å². The highest BCUT2D eigenvalue weighted by Crippen LogP contribution is 2.27. The summed E-state index contributed by atoms with van der Waals surface area (Å²) in [5, 5.41) is -3.48. The van der Waals surface area contributed by atoms with Crippen molar-refractivity contribution in [3.8, 4) is 0 Å². The van der Waals surface area contributed by atoms with Crippen LogP contribution in [0.25, 0.3) is 0 Å². The Kier molecular flexibility index (Phi) is 7.01. The van der Waals surface area contributed by atoms with Gasteiger partial charge in [-0.25, -0.2) is 9.59 Å². The molecule has 0 bridgehead atoms. The van der Waals surface area contributed by atoms with E-state index in [1.165, 1.54) is 6.92 Å². The normalized spacial score (nSPS) is 18.8. The molecule has 1 fully saturated rings. The van der Waals surface area contributed by atoms with Crippen molar-refractivity contribution in [1.82, 2.24) is 0 Å². The number of alkyl halides is 2. The Bertz CT molecular complexity index is 457. The number of esters is 2. The lowest BCUT2D eigenvalue weighted by molar-refractivity contribution is -0.247. The van der Waals surface area contributed by atoms with E-state index in [-0.39, 0.29) is 11.7 Å². The van der Waals surface area contributed by atoms with E-state index in [0.717, 1.165) is 26.2 Å². The van der Waals surface area contributed by atoms with E-state index in [1.54, 1.807) is 0 Å². The van der Waals surface area contributed by atoms with E-state index >= 15 is 0 Å². The fraction of sp³-hybridized carbons (Fsp3) is 0.733. The molecule has 1 aliphatic carbocycles. The maximum Gasteiger partial charge on any atom is 0.379 e. The number of halogens is 2. The molecule has 0 spiro atoms. The summed E-state index contributed by atoms with van der Waals surface area (Å²) in [5.74, 6) is -4.23. The van der Waals surface area contributed by atoms with E-state index in [1.807, 2.05) is 0 Å². The number of hydrogen-bond donors (Lipinski definition) is 1. The lowest BCUT2D eigenvalue weighted by atomic mass is 9.98. The minimum atomic E-state index is -3.48. The van der Waals surface area contributed by atoms with Gasteiger partial charge in [-0.1, -0.05) is 13.0 Å². The highest BCUT2D eigenvalue weighted by molar-refractivity contribution is 7.81. The second-order valence-electron chi connectivity index (χ2n) is 5.74. The topological polar surface area (TPSA) is 61.8 Å². The molecule has 0 aromatic carbocycles. The number of thiol groups is 1. The summed E-state index contributed by atoms with van der Waals surface area (Å²) in [7, 11) is 0. The zero-order chi connectivity index (χ0) is 17.7. The molecule has 1 aliphatic rings. The Morgan fingerprint density at radius 2 is 1.83 bits per heavy atom. The molecule has 0 saturated heterocycles. The van der Waals surface area contributed by atoms with Crippen LogP contribution in [-0.2, 0) is 23.8 Å². The quantitative estimate of drug-likeness (QED) is 0.330. The fourth-order valence-electron chi connectivity index (χ4n) is 2.06. The number of carbonyl (C=O) groups is 2. The van der Waals surface area contributed by atoms with Gasteiger partial charge >= 0.3 is 23.0 Å². The first-order valence-electron chi connectivity index (χ1n) is 7.37. The molecule has 0 N–H and O–H groups in total. The van der Waals surface area contributed by atoms with Crippen LogP contribution in [0.4, 0.5) is 8.78 Å². The van der Waals surface area contributed by atoms with Gasteiger partial charge in [0.2, 0.25) is 0 Å². The second-order valence-corrected chi connectivity index (χ2v) is 6.39. The molecule has 0 amide bonds. The van der Waals surface area contributed by atoms with Crippen LogP contribution in [0.15, 0.2) is 12.2 Å². The summed E-state index contributed by atoms with van der Waals surface area (Å²) in [4.78, 5) is 23.9. The summed E-state index contributed by atoms with van der Waals surface area (Å²) in [6.07, 6.45) is 3.90. The molecule has 1 rings (SSSR count). The molecule has 0 heterocycles. The van der Waals surface area contributed by atoms with Gasteiger partial charge in [-0.2, -0.15) is 8.78 Å². The molecule has 1 atom stereocenters. The van der Waals surface area contributed by atoms with Crippen LogP contribution in [0.5, 0.6) is 0 Å². The van der Waals surface area contributed by atoms with Crippen molar-refractivity contribution in [3.63, 3.8) is 0 Å². The lowest BCUT2D eigenvalue weighted by Crippen LogP contribution is -2.47. The summed E-state index contributed by atoms with van der Waals surface area (Å²) < 4.78 is 40.8. The van der Waals surface area contributed by atoms with Crippen LogP contribution >= 0.6 is 12.6 Å². The number of rotatable bonds is 7. The fourth-order valence-corrected chi connectivity index (χ4v) is 2.12. The van der Waals surface area contributed by atoms with Crippen molar-refractivity contribution in [1.29, 1.82) is 0 Å². The lowest BCUT2D eigenvalue weighted by Gasteiger charge is -2.31. The highest BCUT2D eigenvalue weighted by Gasteiger charge is 2.44. The van der Waals surface area contributed by atoms with Gasteiger partial charge in [-0.05, 0) is 32.6 Å². The van der Waals surface area contributed by atoms with Gasteiger partial charge in [-0.3, -0.25) is 0 Å². The van der Waals surface area contributed by atoms with Crippen molar-refractivity contribution < 1.29 is 32.6 Å². The van der Waals surface area contributed by atoms with Crippen LogP contribution in [0.1, 0.15) is 46.0 Å². The first-order chi connectivity index (χ1) is 10.5. The van der Waals surface area contributed by atoms with Crippen molar-refractivity contribution in [2.45, 2.75) is 63.1 Å². The zero-order valence-electron chi connectivity index (χ0n) is 13.3. The van der Waals surface area contributed by atoms with E-state index in [4.69, 9.17) is 14.2 Å². The monoisotopic (exact) mass is 352 g/mol. The molecule has 5 nitrogen and oxygen atoms in total. The minimum Gasteiger partial charge on any atom is -0.458 e. The SMILES string of the molecule is C=C(C)C(=O)OC(C)(OCC(F)(F)S)C(=O)OC1CCCCC1. The summed E-state index contributed by atoms with van der Waals surface area (Å²) >= 11 is 3.03. The van der Waals surface area contributed by atoms with Crippen molar-refractivity contribution in [2.24, 2.45) is 0 Å². The van der Waals surface area contributed by atoms with Crippen LogP contribution in [-0.4, -0.2) is 35.7 Å². The third-order valence-corrected chi connectivity index (χ3v) is 3.48. The van der Waals surface area contributed by atoms with Gasteiger partial charge in [0.25, 0.3) is 0 Å². The Morgan fingerprint density at radius 3 is 2.30 bits per heavy atom. The van der Waals surface area contributed by atoms with E-state index < -0.39 is 29.6 Å². The maximum atomic E-state index is 12.9. The molecule has 0 aromatic rings. The Balaban J connectivity index is 2.80. The van der Waals surface area contributed by atoms with Crippen molar-refractivity contribution >= 4 is 24.6 Å².